The topological polar surface area (TPSA) is 105 Å². The van der Waals surface area contributed by atoms with Crippen LogP contribution >= 0.6 is 22.9 Å². The third kappa shape index (κ3) is 4.76. The van der Waals surface area contributed by atoms with Gasteiger partial charge >= 0.3 is 5.97 Å². The Morgan fingerprint density at radius 3 is 2.86 bits per heavy atom. The summed E-state index contributed by atoms with van der Waals surface area (Å²) in [6.45, 7) is 0. The molecule has 0 radical (unpaired) electrons. The second-order valence-corrected chi connectivity index (χ2v) is 5.32. The molecular weight excluding hydrogens is 316 g/mol. The van der Waals surface area contributed by atoms with Crippen molar-refractivity contribution < 1.29 is 14.7 Å². The number of carbonyl (C=O) groups is 2. The van der Waals surface area contributed by atoms with E-state index in [1.54, 1.807) is 5.38 Å². The van der Waals surface area contributed by atoms with Crippen LogP contribution in [0.2, 0.25) is 5.15 Å². The number of hydrogen-bond acceptors (Lipinski definition) is 6. The van der Waals surface area contributed by atoms with Crippen LogP contribution in [-0.2, 0) is 11.2 Å². The number of carboxylic acid groups (broad SMARTS) is 1. The predicted octanol–water partition coefficient (Wildman–Crippen LogP) is 2.25. The number of amides is 1. The standard InChI is InChI=1S/C12H11ClN4O3S/c13-9-5-14-4-8(16-9)11(20)17-12-15-7(6-21-12)2-1-3-10(18)19/h4-6H,1-3H2,(H,18,19)(H,15,17,20). The molecule has 0 fully saturated rings. The van der Waals surface area contributed by atoms with Crippen molar-refractivity contribution in [3.8, 4) is 0 Å². The molecule has 2 rings (SSSR count). The second kappa shape index (κ2) is 7.09. The molecule has 0 spiro atoms. The fourth-order valence-corrected chi connectivity index (χ4v) is 2.40. The van der Waals surface area contributed by atoms with Gasteiger partial charge in [-0.05, 0) is 12.8 Å². The molecule has 110 valence electrons. The Labute approximate surface area is 129 Å². The van der Waals surface area contributed by atoms with Crippen LogP contribution in [-0.4, -0.2) is 31.9 Å². The average molecular weight is 327 g/mol. The summed E-state index contributed by atoms with van der Waals surface area (Å²) >= 11 is 6.93. The number of carboxylic acids is 1. The Morgan fingerprint density at radius 1 is 1.33 bits per heavy atom. The van der Waals surface area contributed by atoms with Gasteiger partial charge in [-0.15, -0.1) is 11.3 Å². The highest BCUT2D eigenvalue weighted by atomic mass is 35.5. The summed E-state index contributed by atoms with van der Waals surface area (Å²) in [5, 5.41) is 13.5. The number of aliphatic carboxylic acids is 1. The monoisotopic (exact) mass is 326 g/mol. The molecular formula is C12H11ClN4O3S. The van der Waals surface area contributed by atoms with Crippen LogP contribution in [0.3, 0.4) is 0 Å². The number of anilines is 1. The van der Waals surface area contributed by atoms with Gasteiger partial charge in [0.05, 0.1) is 18.1 Å². The molecule has 0 saturated heterocycles. The minimum absolute atomic E-state index is 0.0946. The van der Waals surface area contributed by atoms with Gasteiger partial charge in [-0.1, -0.05) is 11.6 Å². The van der Waals surface area contributed by atoms with Gasteiger partial charge in [0.2, 0.25) is 0 Å². The van der Waals surface area contributed by atoms with Gasteiger partial charge in [0.1, 0.15) is 10.8 Å². The molecule has 21 heavy (non-hydrogen) atoms. The van der Waals surface area contributed by atoms with Crippen molar-refractivity contribution in [2.24, 2.45) is 0 Å². The number of thiazole rings is 1. The number of carbonyl (C=O) groups excluding carboxylic acids is 1. The van der Waals surface area contributed by atoms with E-state index in [4.69, 9.17) is 16.7 Å². The van der Waals surface area contributed by atoms with Gasteiger partial charge < -0.3 is 5.11 Å². The molecule has 0 aliphatic rings. The lowest BCUT2D eigenvalue weighted by atomic mass is 10.2. The van der Waals surface area contributed by atoms with Crippen LogP contribution in [0.1, 0.15) is 29.0 Å². The van der Waals surface area contributed by atoms with Gasteiger partial charge in [0, 0.05) is 11.8 Å². The van der Waals surface area contributed by atoms with E-state index in [0.29, 0.717) is 18.0 Å². The van der Waals surface area contributed by atoms with E-state index >= 15 is 0 Å². The van der Waals surface area contributed by atoms with Crippen molar-refractivity contribution in [2.75, 3.05) is 5.32 Å². The Hall–Kier alpha value is -2.06. The Balaban J connectivity index is 1.93. The molecule has 1 amide bonds. The molecule has 0 bridgehead atoms. The van der Waals surface area contributed by atoms with Gasteiger partial charge in [-0.25, -0.2) is 9.97 Å². The van der Waals surface area contributed by atoms with E-state index in [2.05, 4.69) is 20.3 Å². The Morgan fingerprint density at radius 2 is 2.14 bits per heavy atom. The van der Waals surface area contributed by atoms with Gasteiger partial charge in [0.15, 0.2) is 5.13 Å². The number of halogens is 1. The van der Waals surface area contributed by atoms with Crippen molar-refractivity contribution in [1.82, 2.24) is 15.0 Å². The molecule has 0 atom stereocenters. The Kier molecular flexibility index (Phi) is 5.18. The first kappa shape index (κ1) is 15.3. The molecule has 2 heterocycles. The second-order valence-electron chi connectivity index (χ2n) is 4.07. The average Bonchev–Trinajstić information content (AvgIpc) is 2.86. The summed E-state index contributed by atoms with van der Waals surface area (Å²) in [5.74, 6) is -1.28. The minimum Gasteiger partial charge on any atom is -0.481 e. The molecule has 2 aromatic rings. The van der Waals surface area contributed by atoms with Crippen LogP contribution in [0.5, 0.6) is 0 Å². The van der Waals surface area contributed by atoms with Crippen LogP contribution in [0.25, 0.3) is 0 Å². The van der Waals surface area contributed by atoms with Crippen molar-refractivity contribution >= 4 is 39.9 Å². The zero-order chi connectivity index (χ0) is 15.2. The fraction of sp³-hybridized carbons (Fsp3) is 0.250. The SMILES string of the molecule is O=C(O)CCCc1csc(NC(=O)c2cncc(Cl)n2)n1. The number of nitrogens with one attached hydrogen (secondary N) is 1. The smallest absolute Gasteiger partial charge is 0.303 e. The minimum atomic E-state index is -0.835. The summed E-state index contributed by atoms with van der Waals surface area (Å²) < 4.78 is 0. The first-order valence-corrected chi connectivity index (χ1v) is 7.25. The summed E-state index contributed by atoms with van der Waals surface area (Å²) in [4.78, 5) is 34.2. The highest BCUT2D eigenvalue weighted by Gasteiger charge is 2.11. The zero-order valence-corrected chi connectivity index (χ0v) is 12.3. The van der Waals surface area contributed by atoms with E-state index in [1.807, 2.05) is 0 Å². The van der Waals surface area contributed by atoms with Crippen LogP contribution < -0.4 is 5.32 Å². The lowest BCUT2D eigenvalue weighted by Gasteiger charge is -2.00. The maximum Gasteiger partial charge on any atom is 0.303 e. The maximum absolute atomic E-state index is 11.9. The first-order valence-electron chi connectivity index (χ1n) is 5.99. The predicted molar refractivity (Wildman–Crippen MR) is 77.7 cm³/mol. The Bertz CT molecular complexity index is 661. The molecule has 0 unspecified atom stereocenters. The third-order valence-electron chi connectivity index (χ3n) is 2.43. The third-order valence-corrected chi connectivity index (χ3v) is 3.42. The summed E-state index contributed by atoms with van der Waals surface area (Å²) in [5.41, 5.74) is 0.846. The molecule has 0 aliphatic heterocycles. The first-order chi connectivity index (χ1) is 10.0. The van der Waals surface area contributed by atoms with Crippen LogP contribution in [0, 0.1) is 0 Å². The lowest BCUT2D eigenvalue weighted by Crippen LogP contribution is -2.14. The highest BCUT2D eigenvalue weighted by Crippen LogP contribution is 2.17. The van der Waals surface area contributed by atoms with Gasteiger partial charge in [-0.2, -0.15) is 0 Å². The van der Waals surface area contributed by atoms with E-state index in [1.165, 1.54) is 23.7 Å². The van der Waals surface area contributed by atoms with Crippen molar-refractivity contribution in [3.63, 3.8) is 0 Å². The van der Waals surface area contributed by atoms with Crippen molar-refractivity contribution in [1.29, 1.82) is 0 Å². The van der Waals surface area contributed by atoms with Gasteiger partial charge in [0.25, 0.3) is 5.91 Å². The molecule has 0 aliphatic carbocycles. The molecule has 9 heteroatoms. The largest absolute Gasteiger partial charge is 0.481 e. The number of aromatic nitrogens is 3. The van der Waals surface area contributed by atoms with E-state index in [0.717, 1.165) is 5.69 Å². The zero-order valence-electron chi connectivity index (χ0n) is 10.7. The fourth-order valence-electron chi connectivity index (χ4n) is 1.51. The summed E-state index contributed by atoms with van der Waals surface area (Å²) in [6.07, 6.45) is 3.80. The molecule has 0 saturated carbocycles. The van der Waals surface area contributed by atoms with Crippen LogP contribution in [0.15, 0.2) is 17.8 Å². The van der Waals surface area contributed by atoms with E-state index in [-0.39, 0.29) is 17.3 Å². The van der Waals surface area contributed by atoms with Crippen LogP contribution in [0.4, 0.5) is 5.13 Å². The van der Waals surface area contributed by atoms with E-state index < -0.39 is 11.9 Å². The van der Waals surface area contributed by atoms with E-state index in [9.17, 15) is 9.59 Å². The highest BCUT2D eigenvalue weighted by molar-refractivity contribution is 7.13. The maximum atomic E-state index is 11.9. The normalized spacial score (nSPS) is 10.3. The van der Waals surface area contributed by atoms with Gasteiger partial charge in [-0.3, -0.25) is 19.9 Å². The lowest BCUT2D eigenvalue weighted by molar-refractivity contribution is -0.137. The van der Waals surface area contributed by atoms with Crippen molar-refractivity contribution in [2.45, 2.75) is 19.3 Å². The molecule has 7 nitrogen and oxygen atoms in total. The molecule has 2 aromatic heterocycles. The molecule has 2 N–H and O–H groups in total. The van der Waals surface area contributed by atoms with Crippen molar-refractivity contribution in [3.05, 3.63) is 34.3 Å². The number of rotatable bonds is 6. The molecule has 0 aromatic carbocycles. The number of nitrogens with zero attached hydrogens (tertiary/aromatic N) is 3. The number of hydrogen-bond donors (Lipinski definition) is 2. The quantitative estimate of drug-likeness (QED) is 0.843. The summed E-state index contributed by atoms with van der Waals surface area (Å²) in [6, 6.07) is 0. The summed E-state index contributed by atoms with van der Waals surface area (Å²) in [7, 11) is 0. The number of aryl methyl sites for hydroxylation is 1.